The van der Waals surface area contributed by atoms with Gasteiger partial charge < -0.3 is 5.32 Å². The van der Waals surface area contributed by atoms with E-state index in [2.05, 4.69) is 93.5 Å². The van der Waals surface area contributed by atoms with Crippen LogP contribution in [0.2, 0.25) is 0 Å². The van der Waals surface area contributed by atoms with Gasteiger partial charge in [-0.05, 0) is 48.2 Å². The molecule has 0 aliphatic heterocycles. The Morgan fingerprint density at radius 3 is 2.19 bits per heavy atom. The molecule has 1 nitrogen and oxygen atoms in total. The van der Waals surface area contributed by atoms with Crippen LogP contribution in [0.3, 0.4) is 0 Å². The van der Waals surface area contributed by atoms with E-state index in [-0.39, 0.29) is 0 Å². The Hall–Kier alpha value is -0.640. The average Bonchev–Trinajstić information content (AvgIpc) is 2.48. The fourth-order valence-corrected chi connectivity index (χ4v) is 3.79. The van der Waals surface area contributed by atoms with E-state index in [1.165, 1.54) is 16.7 Å². The Balaban J connectivity index is 2.21. The molecule has 112 valence electrons. The second kappa shape index (κ2) is 8.11. The van der Waals surface area contributed by atoms with Gasteiger partial charge >= 0.3 is 0 Å². The van der Waals surface area contributed by atoms with Crippen LogP contribution >= 0.6 is 31.9 Å². The number of aryl methyl sites for hydroxylation is 1. The van der Waals surface area contributed by atoms with Gasteiger partial charge in [-0.25, -0.2) is 0 Å². The number of halogens is 2. The topological polar surface area (TPSA) is 12.0 Å². The summed E-state index contributed by atoms with van der Waals surface area (Å²) in [5.74, 6) is 0. The van der Waals surface area contributed by atoms with Gasteiger partial charge in [-0.3, -0.25) is 0 Å². The molecule has 1 atom stereocenters. The minimum atomic E-state index is 0.324. The molecule has 0 bridgehead atoms. The van der Waals surface area contributed by atoms with Crippen LogP contribution < -0.4 is 5.32 Å². The first-order chi connectivity index (χ1) is 10.1. The maximum absolute atomic E-state index is 3.68. The summed E-state index contributed by atoms with van der Waals surface area (Å²) in [7, 11) is 0. The zero-order valence-corrected chi connectivity index (χ0v) is 15.7. The average molecular weight is 411 g/mol. The zero-order chi connectivity index (χ0) is 15.2. The summed E-state index contributed by atoms with van der Waals surface area (Å²) in [5, 5.41) is 3.59. The van der Waals surface area contributed by atoms with Crippen molar-refractivity contribution >= 4 is 31.9 Å². The van der Waals surface area contributed by atoms with E-state index in [9.17, 15) is 0 Å². The van der Waals surface area contributed by atoms with Crippen LogP contribution in [-0.4, -0.2) is 6.54 Å². The van der Waals surface area contributed by atoms with Crippen LogP contribution in [0.1, 0.15) is 36.6 Å². The number of benzene rings is 2. The van der Waals surface area contributed by atoms with Crippen molar-refractivity contribution in [3.05, 3.63) is 68.1 Å². The number of hydrogen-bond acceptors (Lipinski definition) is 1. The predicted octanol–water partition coefficient (Wildman–Crippen LogP) is 5.67. The third kappa shape index (κ3) is 4.67. The molecule has 2 aromatic carbocycles. The Morgan fingerprint density at radius 2 is 1.62 bits per heavy atom. The first kappa shape index (κ1) is 16.7. The van der Waals surface area contributed by atoms with Crippen LogP contribution in [0.4, 0.5) is 0 Å². The number of rotatable bonds is 6. The highest BCUT2D eigenvalue weighted by atomic mass is 79.9. The molecule has 21 heavy (non-hydrogen) atoms. The van der Waals surface area contributed by atoms with E-state index in [4.69, 9.17) is 0 Å². The molecule has 0 aliphatic carbocycles. The second-order valence-electron chi connectivity index (χ2n) is 5.15. The van der Waals surface area contributed by atoms with Crippen LogP contribution in [0, 0.1) is 0 Å². The Labute approximate surface area is 144 Å². The third-order valence-electron chi connectivity index (χ3n) is 3.66. The SMILES string of the molecule is CCNC(Cc1ccc(CC)cc1)c1ccc(Br)cc1Br. The van der Waals surface area contributed by atoms with Gasteiger partial charge in [-0.1, -0.05) is 76.0 Å². The zero-order valence-electron chi connectivity index (χ0n) is 12.5. The van der Waals surface area contributed by atoms with Crippen molar-refractivity contribution in [2.45, 2.75) is 32.7 Å². The number of hydrogen-bond donors (Lipinski definition) is 1. The molecule has 2 aromatic rings. The minimum absolute atomic E-state index is 0.324. The van der Waals surface area contributed by atoms with Crippen LogP contribution in [0.15, 0.2) is 51.4 Å². The molecule has 0 saturated heterocycles. The Morgan fingerprint density at radius 1 is 0.952 bits per heavy atom. The van der Waals surface area contributed by atoms with Crippen LogP contribution in [0.5, 0.6) is 0 Å². The largest absolute Gasteiger partial charge is 0.310 e. The lowest BCUT2D eigenvalue weighted by Gasteiger charge is -2.20. The summed E-state index contributed by atoms with van der Waals surface area (Å²) in [6.07, 6.45) is 2.09. The highest BCUT2D eigenvalue weighted by Crippen LogP contribution is 2.29. The fourth-order valence-electron chi connectivity index (χ4n) is 2.47. The minimum Gasteiger partial charge on any atom is -0.310 e. The number of nitrogens with one attached hydrogen (secondary N) is 1. The molecule has 2 rings (SSSR count). The van der Waals surface area contributed by atoms with Crippen LogP contribution in [-0.2, 0) is 12.8 Å². The van der Waals surface area contributed by atoms with Gasteiger partial charge in [-0.15, -0.1) is 0 Å². The van der Waals surface area contributed by atoms with E-state index in [0.29, 0.717) is 6.04 Å². The summed E-state index contributed by atoms with van der Waals surface area (Å²) in [6.45, 7) is 5.30. The molecule has 0 aliphatic rings. The molecular formula is C18H21Br2N. The van der Waals surface area contributed by atoms with Crippen molar-refractivity contribution in [3.63, 3.8) is 0 Å². The molecule has 0 heterocycles. The smallest absolute Gasteiger partial charge is 0.0372 e. The summed E-state index contributed by atoms with van der Waals surface area (Å²) >= 11 is 7.20. The predicted molar refractivity (Wildman–Crippen MR) is 97.8 cm³/mol. The first-order valence-corrected chi connectivity index (χ1v) is 8.98. The van der Waals surface area contributed by atoms with E-state index in [1.807, 2.05) is 0 Å². The summed E-state index contributed by atoms with van der Waals surface area (Å²) < 4.78 is 2.24. The van der Waals surface area contributed by atoms with Crippen molar-refractivity contribution < 1.29 is 0 Å². The monoisotopic (exact) mass is 409 g/mol. The van der Waals surface area contributed by atoms with Crippen molar-refractivity contribution in [1.29, 1.82) is 0 Å². The van der Waals surface area contributed by atoms with Crippen molar-refractivity contribution in [2.75, 3.05) is 6.54 Å². The van der Waals surface area contributed by atoms with Gasteiger partial charge in [0, 0.05) is 15.0 Å². The van der Waals surface area contributed by atoms with Crippen molar-refractivity contribution in [1.82, 2.24) is 5.32 Å². The fraction of sp³-hybridized carbons (Fsp3) is 0.333. The summed E-state index contributed by atoms with van der Waals surface area (Å²) in [5.41, 5.74) is 4.07. The summed E-state index contributed by atoms with van der Waals surface area (Å²) in [6, 6.07) is 15.7. The molecule has 0 saturated carbocycles. The summed E-state index contributed by atoms with van der Waals surface area (Å²) in [4.78, 5) is 0. The lowest BCUT2D eigenvalue weighted by molar-refractivity contribution is 0.548. The van der Waals surface area contributed by atoms with E-state index in [0.717, 1.165) is 28.3 Å². The Bertz CT molecular complexity index is 578. The first-order valence-electron chi connectivity index (χ1n) is 7.40. The molecular weight excluding hydrogens is 390 g/mol. The Kier molecular flexibility index (Phi) is 6.46. The van der Waals surface area contributed by atoms with Gasteiger partial charge in [0.1, 0.15) is 0 Å². The van der Waals surface area contributed by atoms with E-state index >= 15 is 0 Å². The lowest BCUT2D eigenvalue weighted by atomic mass is 9.98. The third-order valence-corrected chi connectivity index (χ3v) is 4.84. The maximum atomic E-state index is 3.68. The molecule has 0 radical (unpaired) electrons. The molecule has 3 heteroatoms. The second-order valence-corrected chi connectivity index (χ2v) is 6.92. The van der Waals surface area contributed by atoms with Gasteiger partial charge in [-0.2, -0.15) is 0 Å². The standard InChI is InChI=1S/C18H21Br2N/c1-3-13-5-7-14(8-6-13)11-18(21-4-2)16-10-9-15(19)12-17(16)20/h5-10,12,18,21H,3-4,11H2,1-2H3. The lowest BCUT2D eigenvalue weighted by Crippen LogP contribution is -2.23. The molecule has 0 amide bonds. The van der Waals surface area contributed by atoms with E-state index in [1.54, 1.807) is 0 Å². The van der Waals surface area contributed by atoms with Gasteiger partial charge in [0.15, 0.2) is 0 Å². The highest BCUT2D eigenvalue weighted by Gasteiger charge is 2.14. The van der Waals surface area contributed by atoms with Crippen molar-refractivity contribution in [2.24, 2.45) is 0 Å². The van der Waals surface area contributed by atoms with E-state index < -0.39 is 0 Å². The van der Waals surface area contributed by atoms with Gasteiger partial charge in [0.05, 0.1) is 0 Å². The van der Waals surface area contributed by atoms with Crippen molar-refractivity contribution in [3.8, 4) is 0 Å². The molecule has 1 N–H and O–H groups in total. The molecule has 0 spiro atoms. The quantitative estimate of drug-likeness (QED) is 0.646. The molecule has 1 unspecified atom stereocenters. The maximum Gasteiger partial charge on any atom is 0.0372 e. The number of likely N-dealkylation sites (N-methyl/N-ethyl adjacent to an activating group) is 1. The molecule has 0 aromatic heterocycles. The van der Waals surface area contributed by atoms with Gasteiger partial charge in [0.2, 0.25) is 0 Å². The van der Waals surface area contributed by atoms with Gasteiger partial charge in [0.25, 0.3) is 0 Å². The molecule has 0 fully saturated rings. The van der Waals surface area contributed by atoms with Crippen LogP contribution in [0.25, 0.3) is 0 Å². The highest BCUT2D eigenvalue weighted by molar-refractivity contribution is 9.11. The normalized spacial score (nSPS) is 12.4.